The van der Waals surface area contributed by atoms with Crippen LogP contribution in [0.15, 0.2) is 60.8 Å². The Morgan fingerprint density at radius 3 is 2.68 bits per heavy atom. The highest BCUT2D eigenvalue weighted by atomic mass is 35.5. The smallest absolute Gasteiger partial charge is 0.247 e. The van der Waals surface area contributed by atoms with Crippen LogP contribution >= 0.6 is 11.6 Å². The fourth-order valence-electron chi connectivity index (χ4n) is 2.55. The summed E-state index contributed by atoms with van der Waals surface area (Å²) in [5, 5.41) is 8.11. The number of hydrogen-bond donors (Lipinski definition) is 1. The number of methoxy groups -OCH3 is 1. The van der Waals surface area contributed by atoms with Crippen LogP contribution < -0.4 is 10.1 Å². The summed E-state index contributed by atoms with van der Waals surface area (Å²) >= 11 is 5.91. The second-order valence-electron chi connectivity index (χ2n) is 5.34. The lowest BCUT2D eigenvalue weighted by molar-refractivity contribution is 0.415. The van der Waals surface area contributed by atoms with Crippen molar-refractivity contribution in [1.29, 1.82) is 0 Å². The maximum atomic E-state index is 5.91. The molecule has 6 nitrogen and oxygen atoms in total. The molecule has 3 heterocycles. The molecule has 1 N–H and O–H groups in total. The highest BCUT2D eigenvalue weighted by Gasteiger charge is 2.09. The van der Waals surface area contributed by atoms with Gasteiger partial charge in [0, 0.05) is 17.4 Å². The van der Waals surface area contributed by atoms with Gasteiger partial charge in [-0.2, -0.15) is 4.98 Å². The quantitative estimate of drug-likeness (QED) is 0.558. The van der Waals surface area contributed by atoms with E-state index in [0.29, 0.717) is 11.1 Å². The molecule has 0 radical (unpaired) electrons. The molecule has 0 saturated carbocycles. The third kappa shape index (κ3) is 3.12. The predicted octanol–water partition coefficient (Wildman–Crippen LogP) is 4.20. The van der Waals surface area contributed by atoms with Gasteiger partial charge in [-0.3, -0.25) is 0 Å². The summed E-state index contributed by atoms with van der Waals surface area (Å²) in [5.74, 6) is 1.30. The maximum absolute atomic E-state index is 5.91. The van der Waals surface area contributed by atoms with Crippen LogP contribution in [-0.4, -0.2) is 26.7 Å². The highest BCUT2D eigenvalue weighted by molar-refractivity contribution is 6.29. The molecular weight excluding hydrogens is 338 g/mol. The number of ether oxygens (including phenoxy) is 1. The van der Waals surface area contributed by atoms with Gasteiger partial charge in [0.1, 0.15) is 10.9 Å². The van der Waals surface area contributed by atoms with E-state index in [9.17, 15) is 0 Å². The van der Waals surface area contributed by atoms with E-state index in [1.54, 1.807) is 23.9 Å². The summed E-state index contributed by atoms with van der Waals surface area (Å²) in [6, 6.07) is 17.2. The van der Waals surface area contributed by atoms with Gasteiger partial charge in [0.25, 0.3) is 0 Å². The van der Waals surface area contributed by atoms with Crippen molar-refractivity contribution < 1.29 is 4.74 Å². The number of aromatic nitrogens is 4. The molecule has 1 aromatic carbocycles. The average molecular weight is 352 g/mol. The van der Waals surface area contributed by atoms with E-state index in [2.05, 4.69) is 20.4 Å². The Hall–Kier alpha value is -3.12. The van der Waals surface area contributed by atoms with Crippen molar-refractivity contribution in [3.63, 3.8) is 0 Å². The lowest BCUT2D eigenvalue weighted by Gasteiger charge is -2.05. The van der Waals surface area contributed by atoms with Crippen LogP contribution in [0.5, 0.6) is 5.75 Å². The average Bonchev–Trinajstić information content (AvgIpc) is 3.04. The minimum absolute atomic E-state index is 0.410. The molecule has 4 rings (SSSR count). The summed E-state index contributed by atoms with van der Waals surface area (Å²) in [5.41, 5.74) is 3.49. The zero-order chi connectivity index (χ0) is 17.2. The molecule has 0 unspecified atom stereocenters. The first-order chi connectivity index (χ1) is 12.2. The SMILES string of the molecule is COc1ccc(-c2cccc3nc(Nc4ccnc(Cl)c4)nn23)cc1. The first-order valence-corrected chi connectivity index (χ1v) is 7.99. The molecule has 7 heteroatoms. The molecule has 0 bridgehead atoms. The Morgan fingerprint density at radius 2 is 1.92 bits per heavy atom. The summed E-state index contributed by atoms with van der Waals surface area (Å²) < 4.78 is 7.01. The minimum atomic E-state index is 0.410. The lowest BCUT2D eigenvalue weighted by Crippen LogP contribution is -1.96. The summed E-state index contributed by atoms with van der Waals surface area (Å²) in [6.45, 7) is 0. The highest BCUT2D eigenvalue weighted by Crippen LogP contribution is 2.24. The van der Waals surface area contributed by atoms with E-state index in [4.69, 9.17) is 16.3 Å². The van der Waals surface area contributed by atoms with Gasteiger partial charge in [0.05, 0.1) is 12.8 Å². The third-order valence-electron chi connectivity index (χ3n) is 3.73. The molecule has 0 fully saturated rings. The lowest BCUT2D eigenvalue weighted by atomic mass is 10.1. The maximum Gasteiger partial charge on any atom is 0.247 e. The van der Waals surface area contributed by atoms with Crippen LogP contribution in [0.3, 0.4) is 0 Å². The predicted molar refractivity (Wildman–Crippen MR) is 97.5 cm³/mol. The first kappa shape index (κ1) is 15.4. The van der Waals surface area contributed by atoms with E-state index in [1.807, 2.05) is 48.5 Å². The van der Waals surface area contributed by atoms with Gasteiger partial charge in [0.2, 0.25) is 5.95 Å². The topological polar surface area (TPSA) is 64.3 Å². The zero-order valence-corrected chi connectivity index (χ0v) is 14.1. The molecule has 0 amide bonds. The van der Waals surface area contributed by atoms with Gasteiger partial charge in [-0.1, -0.05) is 17.7 Å². The Balaban J connectivity index is 1.73. The van der Waals surface area contributed by atoms with Gasteiger partial charge in [-0.05, 0) is 48.5 Å². The second kappa shape index (κ2) is 6.41. The molecule has 0 atom stereocenters. The number of benzene rings is 1. The van der Waals surface area contributed by atoms with Crippen LogP contribution in [0.1, 0.15) is 0 Å². The first-order valence-electron chi connectivity index (χ1n) is 7.62. The largest absolute Gasteiger partial charge is 0.497 e. The normalized spacial score (nSPS) is 10.8. The molecule has 124 valence electrons. The molecule has 0 saturated heterocycles. The fourth-order valence-corrected chi connectivity index (χ4v) is 2.72. The fraction of sp³-hybridized carbons (Fsp3) is 0.0556. The van der Waals surface area contributed by atoms with Crippen LogP contribution in [0.25, 0.3) is 16.9 Å². The standard InChI is InChI=1S/C18H14ClN5O/c1-25-14-7-5-12(6-8-14)15-3-2-4-17-22-18(23-24(15)17)21-13-9-10-20-16(19)11-13/h2-11H,1H3,(H,20,21,23). The summed E-state index contributed by atoms with van der Waals surface area (Å²) in [4.78, 5) is 8.47. The van der Waals surface area contributed by atoms with Crippen LogP contribution in [0, 0.1) is 0 Å². The van der Waals surface area contributed by atoms with Crippen LogP contribution in [0.4, 0.5) is 11.6 Å². The number of rotatable bonds is 4. The van der Waals surface area contributed by atoms with Crippen molar-refractivity contribution in [3.8, 4) is 17.0 Å². The molecule has 4 aromatic rings. The molecule has 25 heavy (non-hydrogen) atoms. The number of nitrogens with one attached hydrogen (secondary N) is 1. The van der Waals surface area contributed by atoms with E-state index in [0.717, 1.165) is 28.3 Å². The Bertz CT molecular complexity index is 1030. The van der Waals surface area contributed by atoms with Crippen molar-refractivity contribution >= 4 is 28.9 Å². The van der Waals surface area contributed by atoms with Crippen LogP contribution in [-0.2, 0) is 0 Å². The number of fused-ring (bicyclic) bond motifs is 1. The van der Waals surface area contributed by atoms with E-state index in [-0.39, 0.29) is 0 Å². The molecule has 3 aromatic heterocycles. The molecular formula is C18H14ClN5O. The molecule has 0 spiro atoms. The monoisotopic (exact) mass is 351 g/mol. The van der Waals surface area contributed by atoms with E-state index >= 15 is 0 Å². The van der Waals surface area contributed by atoms with Crippen molar-refractivity contribution in [3.05, 3.63) is 65.9 Å². The Kier molecular flexibility index (Phi) is 3.95. The third-order valence-corrected chi connectivity index (χ3v) is 3.93. The minimum Gasteiger partial charge on any atom is -0.497 e. The van der Waals surface area contributed by atoms with E-state index < -0.39 is 0 Å². The van der Waals surface area contributed by atoms with Crippen LogP contribution in [0.2, 0.25) is 5.15 Å². The van der Waals surface area contributed by atoms with E-state index in [1.165, 1.54) is 0 Å². The summed E-state index contributed by atoms with van der Waals surface area (Å²) in [7, 11) is 1.65. The number of hydrogen-bond acceptors (Lipinski definition) is 5. The molecule has 0 aliphatic heterocycles. The number of anilines is 2. The Morgan fingerprint density at radius 1 is 1.08 bits per heavy atom. The van der Waals surface area contributed by atoms with Crippen molar-refractivity contribution in [1.82, 2.24) is 19.6 Å². The van der Waals surface area contributed by atoms with Crippen molar-refractivity contribution in [2.24, 2.45) is 0 Å². The summed E-state index contributed by atoms with van der Waals surface area (Å²) in [6.07, 6.45) is 1.63. The van der Waals surface area contributed by atoms with Gasteiger partial charge < -0.3 is 10.1 Å². The van der Waals surface area contributed by atoms with Gasteiger partial charge in [-0.15, -0.1) is 5.10 Å². The molecule has 0 aliphatic rings. The number of nitrogens with zero attached hydrogens (tertiary/aromatic N) is 4. The molecule has 0 aliphatic carbocycles. The Labute approximate surface area is 149 Å². The van der Waals surface area contributed by atoms with Crippen molar-refractivity contribution in [2.45, 2.75) is 0 Å². The number of pyridine rings is 2. The zero-order valence-electron chi connectivity index (χ0n) is 13.3. The second-order valence-corrected chi connectivity index (χ2v) is 5.72. The van der Waals surface area contributed by atoms with Gasteiger partial charge in [-0.25, -0.2) is 9.50 Å². The van der Waals surface area contributed by atoms with Gasteiger partial charge >= 0.3 is 0 Å². The number of halogens is 1. The van der Waals surface area contributed by atoms with Gasteiger partial charge in [0.15, 0.2) is 5.65 Å². The van der Waals surface area contributed by atoms with Crippen molar-refractivity contribution in [2.75, 3.05) is 12.4 Å².